The van der Waals surface area contributed by atoms with E-state index in [-0.39, 0.29) is 0 Å². The van der Waals surface area contributed by atoms with E-state index in [1.165, 1.54) is 0 Å². The minimum atomic E-state index is -4.32. The fourth-order valence-corrected chi connectivity index (χ4v) is 3.64. The van der Waals surface area contributed by atoms with E-state index in [4.69, 9.17) is 14.8 Å². The maximum absolute atomic E-state index is 11.0. The number of aryl methyl sites for hydroxylation is 1. The zero-order valence-corrected chi connectivity index (χ0v) is 15.7. The van der Waals surface area contributed by atoms with Crippen molar-refractivity contribution < 1.29 is 17.4 Å². The molecule has 4 N–H and O–H groups in total. The van der Waals surface area contributed by atoms with Gasteiger partial charge in [-0.2, -0.15) is 8.42 Å². The highest BCUT2D eigenvalue weighted by Gasteiger charge is 2.25. The highest BCUT2D eigenvalue weighted by molar-refractivity contribution is 7.87. The molecular weight excluding hydrogens is 384 g/mol. The van der Waals surface area contributed by atoms with Gasteiger partial charge in [0.25, 0.3) is 0 Å². The lowest BCUT2D eigenvalue weighted by atomic mass is 10.1. The van der Waals surface area contributed by atoms with E-state index in [9.17, 15) is 8.42 Å². The predicted octanol–water partition coefficient (Wildman–Crippen LogP) is 1.52. The second-order valence-corrected chi connectivity index (χ2v) is 7.62. The molecule has 0 atom stereocenters. The molecule has 0 radical (unpaired) electrons. The van der Waals surface area contributed by atoms with Crippen LogP contribution in [0.2, 0.25) is 0 Å². The molecule has 0 fully saturated rings. The molecule has 3 aromatic rings. The third kappa shape index (κ3) is 3.63. The van der Waals surface area contributed by atoms with Gasteiger partial charge < -0.3 is 9.43 Å². The SMILES string of the molecule is Cc1cc(Cn2nnc3c2CN(N)C=C3c2ccco2)ccc1NS(=O)(=O)O. The first kappa shape index (κ1) is 18.2. The van der Waals surface area contributed by atoms with Crippen LogP contribution in [0.3, 0.4) is 0 Å². The lowest BCUT2D eigenvalue weighted by molar-refractivity contribution is 0.365. The van der Waals surface area contributed by atoms with Crippen LogP contribution in [0.25, 0.3) is 5.57 Å². The molecule has 4 rings (SSSR count). The number of furan rings is 1. The van der Waals surface area contributed by atoms with E-state index in [1.54, 1.807) is 47.3 Å². The molecule has 0 saturated heterocycles. The number of hydrazine groups is 1. The smallest absolute Gasteiger partial charge is 0.357 e. The maximum Gasteiger partial charge on any atom is 0.357 e. The summed E-state index contributed by atoms with van der Waals surface area (Å²) in [5.74, 6) is 6.68. The molecule has 11 heteroatoms. The Morgan fingerprint density at radius 2 is 2.18 bits per heavy atom. The molecule has 1 aliphatic heterocycles. The Balaban J connectivity index is 1.63. The van der Waals surface area contributed by atoms with Crippen LogP contribution in [0.5, 0.6) is 0 Å². The summed E-state index contributed by atoms with van der Waals surface area (Å²) in [5, 5.41) is 10.1. The summed E-state index contributed by atoms with van der Waals surface area (Å²) >= 11 is 0. The summed E-state index contributed by atoms with van der Waals surface area (Å²) in [7, 11) is -4.32. The van der Waals surface area contributed by atoms with Gasteiger partial charge in [0.05, 0.1) is 36.3 Å². The first-order valence-electron chi connectivity index (χ1n) is 8.35. The molecule has 0 bridgehead atoms. The molecular formula is C17H18N6O4S. The van der Waals surface area contributed by atoms with Crippen molar-refractivity contribution in [1.29, 1.82) is 0 Å². The van der Waals surface area contributed by atoms with Crippen molar-refractivity contribution in [3.63, 3.8) is 0 Å². The van der Waals surface area contributed by atoms with Crippen LogP contribution in [-0.2, 0) is 23.4 Å². The van der Waals surface area contributed by atoms with Gasteiger partial charge in [-0.25, -0.2) is 10.5 Å². The maximum atomic E-state index is 11.0. The van der Waals surface area contributed by atoms with E-state index in [0.717, 1.165) is 16.8 Å². The van der Waals surface area contributed by atoms with Crippen LogP contribution in [0, 0.1) is 6.92 Å². The molecule has 0 saturated carbocycles. The fraction of sp³-hybridized carbons (Fsp3) is 0.176. The van der Waals surface area contributed by atoms with Crippen LogP contribution < -0.4 is 10.6 Å². The van der Waals surface area contributed by atoms with Crippen molar-refractivity contribution in [3.8, 4) is 0 Å². The van der Waals surface area contributed by atoms with Crippen LogP contribution in [0.15, 0.2) is 47.2 Å². The van der Waals surface area contributed by atoms with E-state index in [1.807, 2.05) is 12.1 Å². The number of fused-ring (bicyclic) bond motifs is 1. The van der Waals surface area contributed by atoms with Crippen LogP contribution in [0.4, 0.5) is 5.69 Å². The van der Waals surface area contributed by atoms with Crippen LogP contribution in [0.1, 0.15) is 28.3 Å². The summed E-state index contributed by atoms with van der Waals surface area (Å²) in [6.07, 6.45) is 3.35. The number of nitrogens with two attached hydrogens (primary N) is 1. The Kier molecular flexibility index (Phi) is 4.41. The molecule has 2 aromatic heterocycles. The first-order valence-corrected chi connectivity index (χ1v) is 9.79. The van der Waals surface area contributed by atoms with Gasteiger partial charge in [-0.15, -0.1) is 5.10 Å². The quantitative estimate of drug-likeness (QED) is 0.431. The van der Waals surface area contributed by atoms with E-state index >= 15 is 0 Å². The molecule has 3 heterocycles. The first-order chi connectivity index (χ1) is 13.3. The van der Waals surface area contributed by atoms with Crippen molar-refractivity contribution in [3.05, 3.63) is 71.1 Å². The molecule has 10 nitrogen and oxygen atoms in total. The molecule has 28 heavy (non-hydrogen) atoms. The molecule has 0 spiro atoms. The summed E-state index contributed by atoms with van der Waals surface area (Å²) in [5.41, 5.74) is 4.17. The van der Waals surface area contributed by atoms with Gasteiger partial charge in [-0.3, -0.25) is 9.27 Å². The number of benzene rings is 1. The van der Waals surface area contributed by atoms with Crippen LogP contribution >= 0.6 is 0 Å². The van der Waals surface area contributed by atoms with Gasteiger partial charge in [0.2, 0.25) is 0 Å². The van der Waals surface area contributed by atoms with Gasteiger partial charge in [0, 0.05) is 6.20 Å². The van der Waals surface area contributed by atoms with Crippen molar-refractivity contribution >= 4 is 21.6 Å². The zero-order valence-electron chi connectivity index (χ0n) is 14.9. The van der Waals surface area contributed by atoms with E-state index in [0.29, 0.717) is 35.8 Å². The van der Waals surface area contributed by atoms with Gasteiger partial charge in [-0.1, -0.05) is 17.3 Å². The predicted molar refractivity (Wildman–Crippen MR) is 101 cm³/mol. The number of hydrogen-bond acceptors (Lipinski definition) is 7. The summed E-state index contributed by atoms with van der Waals surface area (Å²) < 4.78 is 40.2. The van der Waals surface area contributed by atoms with Crippen molar-refractivity contribution in [2.24, 2.45) is 5.84 Å². The highest BCUT2D eigenvalue weighted by Crippen LogP contribution is 2.30. The Morgan fingerprint density at radius 1 is 1.36 bits per heavy atom. The minimum Gasteiger partial charge on any atom is -0.464 e. The fourth-order valence-electron chi connectivity index (χ4n) is 3.13. The van der Waals surface area contributed by atoms with E-state index < -0.39 is 10.3 Å². The number of anilines is 1. The Labute approximate surface area is 161 Å². The Bertz CT molecular complexity index is 1150. The highest BCUT2D eigenvalue weighted by atomic mass is 32.2. The normalized spacial score (nSPS) is 14.0. The van der Waals surface area contributed by atoms with Crippen molar-refractivity contribution in [2.75, 3.05) is 4.72 Å². The Hall–Kier alpha value is -3.15. The molecule has 0 aliphatic carbocycles. The van der Waals surface area contributed by atoms with Gasteiger partial charge >= 0.3 is 10.3 Å². The third-order valence-corrected chi connectivity index (χ3v) is 4.85. The van der Waals surface area contributed by atoms with Crippen molar-refractivity contribution in [1.82, 2.24) is 20.0 Å². The summed E-state index contributed by atoms with van der Waals surface area (Å²) in [6, 6.07) is 8.78. The standard InChI is InChI=1S/C17H18N6O4S/c1-11-7-12(4-5-14(11)20-28(24,25)26)8-23-15-10-22(18)9-13(17(15)19-21-23)16-3-2-6-27-16/h2-7,9,20H,8,10,18H2,1H3,(H,24,25,26). The number of nitrogens with zero attached hydrogens (tertiary/aromatic N) is 4. The number of aromatic nitrogens is 3. The monoisotopic (exact) mass is 402 g/mol. The minimum absolute atomic E-state index is 0.308. The average molecular weight is 402 g/mol. The Morgan fingerprint density at radius 3 is 2.86 bits per heavy atom. The van der Waals surface area contributed by atoms with Crippen molar-refractivity contribution in [2.45, 2.75) is 20.0 Å². The largest absolute Gasteiger partial charge is 0.464 e. The van der Waals surface area contributed by atoms with Gasteiger partial charge in [-0.05, 0) is 36.2 Å². The average Bonchev–Trinajstić information content (AvgIpc) is 3.26. The zero-order chi connectivity index (χ0) is 19.9. The number of hydrogen-bond donors (Lipinski definition) is 3. The summed E-state index contributed by atoms with van der Waals surface area (Å²) in [4.78, 5) is 0. The number of rotatable bonds is 5. The second-order valence-electron chi connectivity index (χ2n) is 6.46. The van der Waals surface area contributed by atoms with Gasteiger partial charge in [0.1, 0.15) is 11.5 Å². The lowest BCUT2D eigenvalue weighted by Crippen LogP contribution is -2.29. The second kappa shape index (κ2) is 6.78. The summed E-state index contributed by atoms with van der Waals surface area (Å²) in [6.45, 7) is 2.61. The number of nitrogens with one attached hydrogen (secondary N) is 1. The van der Waals surface area contributed by atoms with Gasteiger partial charge in [0.15, 0.2) is 0 Å². The molecule has 1 aromatic carbocycles. The topological polar surface area (TPSA) is 140 Å². The molecule has 0 amide bonds. The molecule has 1 aliphatic rings. The van der Waals surface area contributed by atoms with Crippen LogP contribution in [-0.4, -0.2) is 33.0 Å². The molecule has 0 unspecified atom stereocenters. The lowest BCUT2D eigenvalue weighted by Gasteiger charge is -2.21. The molecule has 146 valence electrons. The third-order valence-electron chi connectivity index (χ3n) is 4.37. The van der Waals surface area contributed by atoms with E-state index in [2.05, 4.69) is 15.0 Å².